The summed E-state index contributed by atoms with van der Waals surface area (Å²) in [5.74, 6) is 6.95. The van der Waals surface area contributed by atoms with Gasteiger partial charge in [0, 0.05) is 11.3 Å². The Balaban J connectivity index is 1.60. The molecular formula is C19H15FN4S. The summed E-state index contributed by atoms with van der Waals surface area (Å²) in [7, 11) is 0. The quantitative estimate of drug-likeness (QED) is 0.442. The zero-order valence-corrected chi connectivity index (χ0v) is 14.1. The smallest absolute Gasteiger partial charge is 0.210 e. The molecule has 2 N–H and O–H groups in total. The molecule has 124 valence electrons. The molecular weight excluding hydrogens is 335 g/mol. The molecule has 0 bridgehead atoms. The first kappa shape index (κ1) is 15.7. The van der Waals surface area contributed by atoms with Gasteiger partial charge in [0.15, 0.2) is 5.82 Å². The predicted molar refractivity (Wildman–Crippen MR) is 99.1 cm³/mol. The van der Waals surface area contributed by atoms with Gasteiger partial charge in [0.05, 0.1) is 0 Å². The van der Waals surface area contributed by atoms with Gasteiger partial charge in [-0.1, -0.05) is 66.4 Å². The minimum atomic E-state index is -0.328. The summed E-state index contributed by atoms with van der Waals surface area (Å²) in [6.45, 7) is 0. The fourth-order valence-electron chi connectivity index (χ4n) is 2.76. The number of rotatable bonds is 4. The van der Waals surface area contributed by atoms with E-state index in [2.05, 4.69) is 34.5 Å². The van der Waals surface area contributed by atoms with Crippen LogP contribution in [0.1, 0.15) is 5.56 Å². The van der Waals surface area contributed by atoms with Crippen molar-refractivity contribution in [1.82, 2.24) is 14.9 Å². The summed E-state index contributed by atoms with van der Waals surface area (Å²) in [6.07, 6.45) is 0. The van der Waals surface area contributed by atoms with Crippen LogP contribution in [-0.2, 0) is 5.75 Å². The van der Waals surface area contributed by atoms with Crippen LogP contribution in [0.3, 0.4) is 0 Å². The fourth-order valence-corrected chi connectivity index (χ4v) is 3.62. The van der Waals surface area contributed by atoms with Crippen molar-refractivity contribution in [2.75, 3.05) is 5.84 Å². The molecule has 0 atom stereocenters. The molecule has 0 unspecified atom stereocenters. The summed E-state index contributed by atoms with van der Waals surface area (Å²) in [5.41, 5.74) is 1.81. The van der Waals surface area contributed by atoms with Crippen molar-refractivity contribution in [3.05, 3.63) is 78.1 Å². The Bertz CT molecular complexity index is 1040. The molecule has 0 aliphatic carbocycles. The standard InChI is InChI=1S/C19H15FN4S/c20-16-9-4-7-14(11-16)18-22-23-19(24(18)21)25-12-15-8-3-6-13-5-1-2-10-17(13)15/h1-11H,12,21H2. The van der Waals surface area contributed by atoms with E-state index in [0.717, 1.165) is 5.75 Å². The zero-order chi connectivity index (χ0) is 17.2. The number of nitrogens with two attached hydrogens (primary N) is 1. The highest BCUT2D eigenvalue weighted by atomic mass is 32.2. The third kappa shape index (κ3) is 3.08. The molecule has 6 heteroatoms. The Kier molecular flexibility index (Phi) is 4.11. The van der Waals surface area contributed by atoms with Crippen molar-refractivity contribution in [1.29, 1.82) is 0 Å². The molecule has 0 aliphatic rings. The zero-order valence-electron chi connectivity index (χ0n) is 13.3. The Morgan fingerprint density at radius 1 is 0.960 bits per heavy atom. The molecule has 0 aliphatic heterocycles. The number of halogens is 1. The lowest BCUT2D eigenvalue weighted by Gasteiger charge is -2.07. The van der Waals surface area contributed by atoms with E-state index in [1.807, 2.05) is 18.2 Å². The number of fused-ring (bicyclic) bond motifs is 1. The van der Waals surface area contributed by atoms with Crippen molar-refractivity contribution in [3.8, 4) is 11.4 Å². The van der Waals surface area contributed by atoms with Crippen LogP contribution in [0.4, 0.5) is 4.39 Å². The van der Waals surface area contributed by atoms with E-state index in [0.29, 0.717) is 16.5 Å². The third-order valence-corrected chi connectivity index (χ3v) is 4.98. The second-order valence-electron chi connectivity index (χ2n) is 5.61. The van der Waals surface area contributed by atoms with Crippen molar-refractivity contribution in [3.63, 3.8) is 0 Å². The van der Waals surface area contributed by atoms with Crippen molar-refractivity contribution in [2.24, 2.45) is 0 Å². The van der Waals surface area contributed by atoms with E-state index in [9.17, 15) is 4.39 Å². The monoisotopic (exact) mass is 350 g/mol. The Morgan fingerprint density at radius 2 is 1.76 bits per heavy atom. The third-order valence-electron chi connectivity index (χ3n) is 3.98. The Morgan fingerprint density at radius 3 is 2.64 bits per heavy atom. The van der Waals surface area contributed by atoms with Crippen molar-refractivity contribution >= 4 is 22.5 Å². The highest BCUT2D eigenvalue weighted by Gasteiger charge is 2.13. The van der Waals surface area contributed by atoms with E-state index < -0.39 is 0 Å². The van der Waals surface area contributed by atoms with Gasteiger partial charge in [-0.3, -0.25) is 0 Å². The van der Waals surface area contributed by atoms with E-state index in [1.165, 1.54) is 44.9 Å². The molecule has 1 heterocycles. The van der Waals surface area contributed by atoms with Crippen molar-refractivity contribution < 1.29 is 4.39 Å². The second kappa shape index (κ2) is 6.57. The van der Waals surface area contributed by atoms with Crippen LogP contribution >= 0.6 is 11.8 Å². The van der Waals surface area contributed by atoms with Crippen LogP contribution in [-0.4, -0.2) is 14.9 Å². The molecule has 0 amide bonds. The second-order valence-corrected chi connectivity index (χ2v) is 6.56. The topological polar surface area (TPSA) is 56.7 Å². The molecule has 0 spiro atoms. The largest absolute Gasteiger partial charge is 0.335 e. The van der Waals surface area contributed by atoms with Gasteiger partial charge >= 0.3 is 0 Å². The summed E-state index contributed by atoms with van der Waals surface area (Å²) in [5, 5.41) is 11.3. The van der Waals surface area contributed by atoms with Gasteiger partial charge in [-0.2, -0.15) is 0 Å². The van der Waals surface area contributed by atoms with Crippen LogP contribution in [0.5, 0.6) is 0 Å². The Labute approximate surface area is 148 Å². The van der Waals surface area contributed by atoms with Gasteiger partial charge in [-0.05, 0) is 28.5 Å². The van der Waals surface area contributed by atoms with E-state index in [1.54, 1.807) is 12.1 Å². The van der Waals surface area contributed by atoms with Gasteiger partial charge in [0.25, 0.3) is 0 Å². The number of nitrogens with zero attached hydrogens (tertiary/aromatic N) is 3. The van der Waals surface area contributed by atoms with Crippen LogP contribution < -0.4 is 5.84 Å². The van der Waals surface area contributed by atoms with E-state index in [4.69, 9.17) is 5.84 Å². The molecule has 0 fully saturated rings. The van der Waals surface area contributed by atoms with Crippen molar-refractivity contribution in [2.45, 2.75) is 10.9 Å². The average molecular weight is 350 g/mol. The molecule has 3 aromatic carbocycles. The summed E-state index contributed by atoms with van der Waals surface area (Å²) in [6, 6.07) is 20.7. The SMILES string of the molecule is Nn1c(SCc2cccc3ccccc23)nnc1-c1cccc(F)c1. The number of hydrogen-bond acceptors (Lipinski definition) is 4. The highest BCUT2D eigenvalue weighted by molar-refractivity contribution is 7.98. The number of benzene rings is 3. The first-order valence-electron chi connectivity index (χ1n) is 7.78. The van der Waals surface area contributed by atoms with Gasteiger partial charge in [0.1, 0.15) is 5.82 Å². The van der Waals surface area contributed by atoms with Crippen LogP contribution in [0.15, 0.2) is 71.9 Å². The van der Waals surface area contributed by atoms with Crippen LogP contribution in [0, 0.1) is 5.82 Å². The van der Waals surface area contributed by atoms with E-state index in [-0.39, 0.29) is 5.82 Å². The minimum absolute atomic E-state index is 0.328. The predicted octanol–water partition coefficient (Wildman–Crippen LogP) is 4.24. The molecule has 0 saturated heterocycles. The number of nitrogen functional groups attached to an aromatic ring is 1. The lowest BCUT2D eigenvalue weighted by molar-refractivity contribution is 0.628. The summed E-state index contributed by atoms with van der Waals surface area (Å²) in [4.78, 5) is 0. The normalized spacial score (nSPS) is 11.1. The van der Waals surface area contributed by atoms with E-state index >= 15 is 0 Å². The molecule has 0 radical (unpaired) electrons. The fraction of sp³-hybridized carbons (Fsp3) is 0.0526. The van der Waals surface area contributed by atoms with Gasteiger partial charge < -0.3 is 5.84 Å². The number of thioether (sulfide) groups is 1. The summed E-state index contributed by atoms with van der Waals surface area (Å²) < 4.78 is 14.8. The Hall–Kier alpha value is -2.86. The van der Waals surface area contributed by atoms with Gasteiger partial charge in [-0.25, -0.2) is 9.07 Å². The maximum atomic E-state index is 13.4. The first-order valence-corrected chi connectivity index (χ1v) is 8.77. The molecule has 25 heavy (non-hydrogen) atoms. The summed E-state index contributed by atoms with van der Waals surface area (Å²) >= 11 is 1.51. The first-order chi connectivity index (χ1) is 12.2. The van der Waals surface area contributed by atoms with Crippen LogP contribution in [0.25, 0.3) is 22.2 Å². The lowest BCUT2D eigenvalue weighted by atomic mass is 10.1. The van der Waals surface area contributed by atoms with Gasteiger partial charge in [-0.15, -0.1) is 10.2 Å². The maximum Gasteiger partial charge on any atom is 0.210 e. The number of aromatic nitrogens is 3. The van der Waals surface area contributed by atoms with Crippen LogP contribution in [0.2, 0.25) is 0 Å². The minimum Gasteiger partial charge on any atom is -0.335 e. The average Bonchev–Trinajstić information content (AvgIpc) is 3.00. The molecule has 4 nitrogen and oxygen atoms in total. The lowest BCUT2D eigenvalue weighted by Crippen LogP contribution is -2.11. The van der Waals surface area contributed by atoms with Gasteiger partial charge in [0.2, 0.25) is 5.16 Å². The molecule has 4 aromatic rings. The number of hydrogen-bond donors (Lipinski definition) is 1. The highest BCUT2D eigenvalue weighted by Crippen LogP contribution is 2.27. The molecule has 0 saturated carbocycles. The molecule has 4 rings (SSSR count). The molecule has 1 aromatic heterocycles. The maximum absolute atomic E-state index is 13.4.